The topological polar surface area (TPSA) is 64.7 Å². The van der Waals surface area contributed by atoms with Crippen LogP contribution < -0.4 is 5.73 Å². The van der Waals surface area contributed by atoms with Crippen molar-refractivity contribution in [1.82, 2.24) is 15.0 Å². The van der Waals surface area contributed by atoms with E-state index in [4.69, 9.17) is 17.3 Å². The van der Waals surface area contributed by atoms with Crippen LogP contribution in [0.25, 0.3) is 10.9 Å². The molecule has 0 atom stereocenters. The summed E-state index contributed by atoms with van der Waals surface area (Å²) in [6, 6.07) is 0. The molecule has 0 aromatic carbocycles. The zero-order valence-corrected chi connectivity index (χ0v) is 6.78. The highest BCUT2D eigenvalue weighted by Crippen LogP contribution is 2.22. The first kappa shape index (κ1) is 7.24. The first-order chi connectivity index (χ1) is 5.79. The van der Waals surface area contributed by atoms with Gasteiger partial charge in [0.15, 0.2) is 0 Å². The molecule has 0 aliphatic rings. The quantitative estimate of drug-likeness (QED) is 0.663. The van der Waals surface area contributed by atoms with Crippen LogP contribution in [0.1, 0.15) is 0 Å². The molecule has 60 valence electrons. The fourth-order valence-electron chi connectivity index (χ4n) is 0.965. The van der Waals surface area contributed by atoms with Crippen molar-refractivity contribution in [1.29, 1.82) is 0 Å². The van der Waals surface area contributed by atoms with Gasteiger partial charge in [0.25, 0.3) is 0 Å². The van der Waals surface area contributed by atoms with E-state index in [0.717, 1.165) is 5.39 Å². The van der Waals surface area contributed by atoms with Gasteiger partial charge in [0, 0.05) is 17.8 Å². The largest absolute Gasteiger partial charge is 0.382 e. The molecule has 0 saturated heterocycles. The smallest absolute Gasteiger partial charge is 0.150 e. The molecule has 0 bridgehead atoms. The van der Waals surface area contributed by atoms with E-state index < -0.39 is 0 Å². The Labute approximate surface area is 73.4 Å². The minimum absolute atomic E-state index is 0.372. The molecule has 4 nitrogen and oxygen atoms in total. The number of pyridine rings is 1. The number of anilines is 1. The molecule has 0 unspecified atom stereocenters. The summed E-state index contributed by atoms with van der Waals surface area (Å²) in [5.74, 6) is 0.372. The van der Waals surface area contributed by atoms with Crippen molar-refractivity contribution in [2.75, 3.05) is 5.73 Å². The second-order valence-electron chi connectivity index (χ2n) is 2.28. The Morgan fingerprint density at radius 1 is 1.25 bits per heavy atom. The molecular formula is C7H5ClN4. The molecule has 2 aromatic rings. The maximum atomic E-state index is 5.83. The van der Waals surface area contributed by atoms with E-state index in [2.05, 4.69) is 15.0 Å². The Morgan fingerprint density at radius 3 is 2.83 bits per heavy atom. The number of rotatable bonds is 0. The van der Waals surface area contributed by atoms with Crippen LogP contribution in [0, 0.1) is 0 Å². The summed E-state index contributed by atoms with van der Waals surface area (Å²) in [6.45, 7) is 0. The van der Waals surface area contributed by atoms with E-state index >= 15 is 0 Å². The predicted molar refractivity (Wildman–Crippen MR) is 46.8 cm³/mol. The van der Waals surface area contributed by atoms with Crippen molar-refractivity contribution < 1.29 is 0 Å². The zero-order valence-electron chi connectivity index (χ0n) is 6.03. The van der Waals surface area contributed by atoms with E-state index in [1.165, 1.54) is 12.5 Å². The lowest BCUT2D eigenvalue weighted by Gasteiger charge is -1.99. The van der Waals surface area contributed by atoms with Crippen molar-refractivity contribution in [2.24, 2.45) is 0 Å². The lowest BCUT2D eigenvalue weighted by molar-refractivity contribution is 1.21. The number of nitrogen functional groups attached to an aromatic ring is 1. The van der Waals surface area contributed by atoms with Gasteiger partial charge < -0.3 is 5.73 Å². The van der Waals surface area contributed by atoms with Gasteiger partial charge in [0.2, 0.25) is 0 Å². The summed E-state index contributed by atoms with van der Waals surface area (Å²) < 4.78 is 0. The van der Waals surface area contributed by atoms with Crippen molar-refractivity contribution in [2.45, 2.75) is 0 Å². The minimum atomic E-state index is 0.372. The zero-order chi connectivity index (χ0) is 8.55. The average molecular weight is 181 g/mol. The maximum absolute atomic E-state index is 5.83. The molecule has 0 saturated carbocycles. The summed E-state index contributed by atoms with van der Waals surface area (Å²) in [4.78, 5) is 11.7. The Balaban J connectivity index is 2.95. The number of fused-ring (bicyclic) bond motifs is 1. The van der Waals surface area contributed by atoms with E-state index in [1.807, 2.05) is 0 Å². The molecule has 2 rings (SSSR count). The Hall–Kier alpha value is -1.42. The second kappa shape index (κ2) is 2.57. The summed E-state index contributed by atoms with van der Waals surface area (Å²) in [5.41, 5.74) is 6.16. The van der Waals surface area contributed by atoms with Gasteiger partial charge in [-0.2, -0.15) is 0 Å². The second-order valence-corrected chi connectivity index (χ2v) is 2.68. The summed E-state index contributed by atoms with van der Waals surface area (Å²) in [6.07, 6.45) is 4.52. The van der Waals surface area contributed by atoms with E-state index in [-0.39, 0.29) is 0 Å². The van der Waals surface area contributed by atoms with Gasteiger partial charge in [-0.3, -0.25) is 0 Å². The highest BCUT2D eigenvalue weighted by atomic mass is 35.5. The molecule has 0 aliphatic carbocycles. The van der Waals surface area contributed by atoms with Crippen LogP contribution >= 0.6 is 11.6 Å². The Kier molecular flexibility index (Phi) is 1.55. The molecule has 0 aliphatic heterocycles. The van der Waals surface area contributed by atoms with Gasteiger partial charge in [-0.1, -0.05) is 11.6 Å². The lowest BCUT2D eigenvalue weighted by Crippen LogP contribution is -1.93. The normalized spacial score (nSPS) is 10.4. The third-order valence-corrected chi connectivity index (χ3v) is 1.83. The number of halogens is 1. The standard InChI is InChI=1S/C7H5ClN4/c8-5-2-11-7(9)6-4(5)1-10-3-12-6/h1-3H,(H2,9,11). The van der Waals surface area contributed by atoms with Crippen molar-refractivity contribution in [3.63, 3.8) is 0 Å². The SMILES string of the molecule is Nc1ncc(Cl)c2cncnc12. The van der Waals surface area contributed by atoms with Crippen LogP contribution in [0.15, 0.2) is 18.7 Å². The fraction of sp³-hybridized carbons (Fsp3) is 0. The molecule has 2 N–H and O–H groups in total. The number of aromatic nitrogens is 3. The lowest BCUT2D eigenvalue weighted by atomic mass is 10.3. The van der Waals surface area contributed by atoms with Crippen molar-refractivity contribution in [3.8, 4) is 0 Å². The van der Waals surface area contributed by atoms with Crippen LogP contribution in [0.3, 0.4) is 0 Å². The van der Waals surface area contributed by atoms with Crippen molar-refractivity contribution in [3.05, 3.63) is 23.7 Å². The number of nitrogens with zero attached hydrogens (tertiary/aromatic N) is 3. The summed E-state index contributed by atoms with van der Waals surface area (Å²) in [5, 5.41) is 1.24. The predicted octanol–water partition coefficient (Wildman–Crippen LogP) is 1.26. The van der Waals surface area contributed by atoms with Gasteiger partial charge >= 0.3 is 0 Å². The van der Waals surface area contributed by atoms with Gasteiger partial charge in [-0.25, -0.2) is 15.0 Å². The van der Waals surface area contributed by atoms with Gasteiger partial charge in [-0.15, -0.1) is 0 Å². The first-order valence-electron chi connectivity index (χ1n) is 3.29. The monoisotopic (exact) mass is 180 g/mol. The molecule has 0 fully saturated rings. The van der Waals surface area contributed by atoms with E-state index in [1.54, 1.807) is 6.20 Å². The first-order valence-corrected chi connectivity index (χ1v) is 3.66. The molecule has 2 aromatic heterocycles. The molecular weight excluding hydrogens is 176 g/mol. The van der Waals surface area contributed by atoms with Crippen LogP contribution in [0.5, 0.6) is 0 Å². The molecule has 5 heteroatoms. The van der Waals surface area contributed by atoms with Crippen LogP contribution in [-0.2, 0) is 0 Å². The molecule has 0 radical (unpaired) electrons. The number of hydrogen-bond acceptors (Lipinski definition) is 4. The van der Waals surface area contributed by atoms with Gasteiger partial charge in [0.1, 0.15) is 17.7 Å². The third kappa shape index (κ3) is 0.967. The Bertz CT molecular complexity index is 388. The number of nitrogens with two attached hydrogens (primary N) is 1. The highest BCUT2D eigenvalue weighted by Gasteiger charge is 2.03. The van der Waals surface area contributed by atoms with E-state index in [0.29, 0.717) is 16.4 Å². The minimum Gasteiger partial charge on any atom is -0.382 e. The Morgan fingerprint density at radius 2 is 2.08 bits per heavy atom. The van der Waals surface area contributed by atoms with E-state index in [9.17, 15) is 0 Å². The molecule has 12 heavy (non-hydrogen) atoms. The molecule has 0 amide bonds. The highest BCUT2D eigenvalue weighted by molar-refractivity contribution is 6.35. The van der Waals surface area contributed by atoms with Crippen LogP contribution in [0.2, 0.25) is 5.02 Å². The van der Waals surface area contributed by atoms with Gasteiger partial charge in [0.05, 0.1) is 5.02 Å². The summed E-state index contributed by atoms with van der Waals surface area (Å²) >= 11 is 5.83. The number of hydrogen-bond donors (Lipinski definition) is 1. The fourth-order valence-corrected chi connectivity index (χ4v) is 1.15. The van der Waals surface area contributed by atoms with Gasteiger partial charge in [-0.05, 0) is 0 Å². The maximum Gasteiger partial charge on any atom is 0.150 e. The van der Waals surface area contributed by atoms with Crippen LogP contribution in [0.4, 0.5) is 5.82 Å². The van der Waals surface area contributed by atoms with Crippen LogP contribution in [-0.4, -0.2) is 15.0 Å². The molecule has 0 spiro atoms. The third-order valence-electron chi connectivity index (χ3n) is 1.53. The summed E-state index contributed by atoms with van der Waals surface area (Å²) in [7, 11) is 0. The molecule has 2 heterocycles. The average Bonchev–Trinajstić information content (AvgIpc) is 2.12. The van der Waals surface area contributed by atoms with Crippen molar-refractivity contribution >= 4 is 28.3 Å².